The van der Waals surface area contributed by atoms with E-state index in [0.717, 1.165) is 35.3 Å². The minimum absolute atomic E-state index is 0.0523. The molecule has 4 heteroatoms. The molecule has 1 fully saturated rings. The normalized spacial score (nSPS) is 21.6. The Bertz CT molecular complexity index is 339. The Morgan fingerprint density at radius 2 is 2.33 bits per heavy atom. The lowest BCUT2D eigenvalue weighted by atomic mass is 10.1. The van der Waals surface area contributed by atoms with Crippen molar-refractivity contribution in [3.05, 3.63) is 27.7 Å². The lowest BCUT2D eigenvalue weighted by Crippen LogP contribution is -2.33. The molecule has 0 saturated carbocycles. The highest BCUT2D eigenvalue weighted by molar-refractivity contribution is 9.10. The van der Waals surface area contributed by atoms with Gasteiger partial charge in [0.1, 0.15) is 5.75 Å². The quantitative estimate of drug-likeness (QED) is 0.822. The van der Waals surface area contributed by atoms with Gasteiger partial charge >= 0.3 is 0 Å². The molecule has 1 aliphatic rings. The molecule has 0 amide bonds. The summed E-state index contributed by atoms with van der Waals surface area (Å²) in [6.45, 7) is 4.39. The third-order valence-electron chi connectivity index (χ3n) is 2.56. The average molecular weight is 272 g/mol. The van der Waals surface area contributed by atoms with Crippen LogP contribution in [0.1, 0.15) is 17.2 Å². The number of aryl methyl sites for hydroxylation is 1. The Labute approximate surface area is 97.6 Å². The van der Waals surface area contributed by atoms with E-state index in [1.54, 1.807) is 6.07 Å². The fourth-order valence-corrected chi connectivity index (χ4v) is 1.97. The van der Waals surface area contributed by atoms with Crippen molar-refractivity contribution in [1.82, 2.24) is 5.32 Å². The van der Waals surface area contributed by atoms with Crippen molar-refractivity contribution < 1.29 is 9.84 Å². The maximum Gasteiger partial charge on any atom is 0.130 e. The molecule has 15 heavy (non-hydrogen) atoms. The van der Waals surface area contributed by atoms with Gasteiger partial charge in [-0.15, -0.1) is 0 Å². The SMILES string of the molecule is Cc1cc(C2CNCCO2)cc(O)c1Br. The molecule has 1 saturated heterocycles. The Kier molecular flexibility index (Phi) is 3.29. The van der Waals surface area contributed by atoms with Crippen LogP contribution in [0, 0.1) is 6.92 Å². The zero-order valence-electron chi connectivity index (χ0n) is 8.59. The monoisotopic (exact) mass is 271 g/mol. The van der Waals surface area contributed by atoms with Gasteiger partial charge in [-0.25, -0.2) is 0 Å². The Hall–Kier alpha value is -0.580. The van der Waals surface area contributed by atoms with Gasteiger partial charge in [0, 0.05) is 13.1 Å². The van der Waals surface area contributed by atoms with Gasteiger partial charge in [-0.1, -0.05) is 6.07 Å². The van der Waals surface area contributed by atoms with Crippen LogP contribution in [0.15, 0.2) is 16.6 Å². The summed E-state index contributed by atoms with van der Waals surface area (Å²) in [4.78, 5) is 0. The minimum atomic E-state index is 0.0523. The van der Waals surface area contributed by atoms with E-state index in [1.807, 2.05) is 13.0 Å². The Morgan fingerprint density at radius 1 is 1.53 bits per heavy atom. The molecule has 0 spiro atoms. The zero-order valence-corrected chi connectivity index (χ0v) is 10.2. The highest BCUT2D eigenvalue weighted by Crippen LogP contribution is 2.32. The first-order chi connectivity index (χ1) is 7.18. The molecule has 2 rings (SSSR count). The van der Waals surface area contributed by atoms with E-state index >= 15 is 0 Å². The molecule has 0 radical (unpaired) electrons. The predicted molar refractivity (Wildman–Crippen MR) is 62.1 cm³/mol. The second-order valence-electron chi connectivity index (χ2n) is 3.73. The minimum Gasteiger partial charge on any atom is -0.507 e. The van der Waals surface area contributed by atoms with E-state index in [2.05, 4.69) is 21.2 Å². The number of aromatic hydroxyl groups is 1. The Balaban J connectivity index is 2.27. The van der Waals surface area contributed by atoms with Crippen molar-refractivity contribution in [1.29, 1.82) is 0 Å². The van der Waals surface area contributed by atoms with E-state index in [0.29, 0.717) is 0 Å². The maximum atomic E-state index is 9.69. The van der Waals surface area contributed by atoms with Crippen LogP contribution in [0.25, 0.3) is 0 Å². The van der Waals surface area contributed by atoms with Gasteiger partial charge in [-0.3, -0.25) is 0 Å². The number of hydrogen-bond acceptors (Lipinski definition) is 3. The fourth-order valence-electron chi connectivity index (χ4n) is 1.74. The van der Waals surface area contributed by atoms with Gasteiger partial charge in [0.25, 0.3) is 0 Å². The molecule has 1 heterocycles. The number of phenolic OH excluding ortho intramolecular Hbond substituents is 1. The van der Waals surface area contributed by atoms with Crippen LogP contribution < -0.4 is 5.32 Å². The number of halogens is 1. The van der Waals surface area contributed by atoms with Crippen LogP contribution in [-0.2, 0) is 4.74 Å². The van der Waals surface area contributed by atoms with Crippen molar-refractivity contribution in [3.63, 3.8) is 0 Å². The molecule has 1 aliphatic heterocycles. The van der Waals surface area contributed by atoms with Crippen molar-refractivity contribution in [2.75, 3.05) is 19.7 Å². The highest BCUT2D eigenvalue weighted by atomic mass is 79.9. The first-order valence-corrected chi connectivity index (χ1v) is 5.79. The summed E-state index contributed by atoms with van der Waals surface area (Å²) < 4.78 is 6.38. The summed E-state index contributed by atoms with van der Waals surface area (Å²) in [6.07, 6.45) is 0.0523. The first kappa shape index (κ1) is 10.9. The Morgan fingerprint density at radius 3 is 2.93 bits per heavy atom. The molecule has 1 unspecified atom stereocenters. The summed E-state index contributed by atoms with van der Waals surface area (Å²) in [5, 5.41) is 13.0. The zero-order chi connectivity index (χ0) is 10.8. The first-order valence-electron chi connectivity index (χ1n) is 5.00. The molecular weight excluding hydrogens is 258 g/mol. The summed E-state index contributed by atoms with van der Waals surface area (Å²) in [5.74, 6) is 0.277. The lowest BCUT2D eigenvalue weighted by molar-refractivity contribution is 0.0275. The molecule has 1 aromatic rings. The molecular formula is C11H14BrNO2. The molecule has 0 aliphatic carbocycles. The molecule has 0 bridgehead atoms. The number of phenols is 1. The summed E-state index contributed by atoms with van der Waals surface area (Å²) in [5.41, 5.74) is 2.06. The lowest BCUT2D eigenvalue weighted by Gasteiger charge is -2.24. The average Bonchev–Trinajstić information content (AvgIpc) is 2.26. The van der Waals surface area contributed by atoms with Crippen LogP contribution in [0.5, 0.6) is 5.75 Å². The summed E-state index contributed by atoms with van der Waals surface area (Å²) in [7, 11) is 0. The third-order valence-corrected chi connectivity index (χ3v) is 3.59. The van der Waals surface area contributed by atoms with E-state index in [1.165, 1.54) is 0 Å². The number of rotatable bonds is 1. The van der Waals surface area contributed by atoms with Gasteiger partial charge in [-0.2, -0.15) is 0 Å². The smallest absolute Gasteiger partial charge is 0.130 e. The number of hydrogen-bond donors (Lipinski definition) is 2. The van der Waals surface area contributed by atoms with Crippen molar-refractivity contribution >= 4 is 15.9 Å². The van der Waals surface area contributed by atoms with Crippen molar-refractivity contribution in [2.45, 2.75) is 13.0 Å². The van der Waals surface area contributed by atoms with E-state index in [9.17, 15) is 5.11 Å². The number of nitrogens with one attached hydrogen (secondary N) is 1. The molecule has 82 valence electrons. The predicted octanol–water partition coefficient (Wildman–Crippen LogP) is 2.12. The number of morpholine rings is 1. The fraction of sp³-hybridized carbons (Fsp3) is 0.455. The van der Waals surface area contributed by atoms with E-state index in [4.69, 9.17) is 4.74 Å². The van der Waals surface area contributed by atoms with Crippen LogP contribution in [0.4, 0.5) is 0 Å². The topological polar surface area (TPSA) is 41.5 Å². The largest absolute Gasteiger partial charge is 0.507 e. The van der Waals surface area contributed by atoms with Gasteiger partial charge < -0.3 is 15.2 Å². The van der Waals surface area contributed by atoms with Crippen molar-refractivity contribution in [3.8, 4) is 5.75 Å². The molecule has 1 aromatic carbocycles. The van der Waals surface area contributed by atoms with E-state index < -0.39 is 0 Å². The van der Waals surface area contributed by atoms with Crippen LogP contribution >= 0.6 is 15.9 Å². The maximum absolute atomic E-state index is 9.69. The second-order valence-corrected chi connectivity index (χ2v) is 4.53. The van der Waals surface area contributed by atoms with Crippen molar-refractivity contribution in [2.24, 2.45) is 0 Å². The summed E-state index contributed by atoms with van der Waals surface area (Å²) >= 11 is 3.33. The molecule has 1 atom stereocenters. The van der Waals surface area contributed by atoms with Crippen LogP contribution in [0.2, 0.25) is 0 Å². The molecule has 2 N–H and O–H groups in total. The van der Waals surface area contributed by atoms with Gasteiger partial charge in [0.05, 0.1) is 17.2 Å². The highest BCUT2D eigenvalue weighted by Gasteiger charge is 2.17. The van der Waals surface area contributed by atoms with Gasteiger partial charge in [0.15, 0.2) is 0 Å². The molecule has 3 nitrogen and oxygen atoms in total. The molecule has 0 aromatic heterocycles. The van der Waals surface area contributed by atoms with Gasteiger partial charge in [-0.05, 0) is 40.0 Å². The summed E-state index contributed by atoms with van der Waals surface area (Å²) in [6, 6.07) is 3.80. The number of benzene rings is 1. The van der Waals surface area contributed by atoms with Crippen LogP contribution in [0.3, 0.4) is 0 Å². The third kappa shape index (κ3) is 2.33. The van der Waals surface area contributed by atoms with E-state index in [-0.39, 0.29) is 11.9 Å². The standard InChI is InChI=1S/C11H14BrNO2/c1-7-4-8(5-9(14)11(7)12)10-6-13-2-3-15-10/h4-5,10,13-14H,2-3,6H2,1H3. The van der Waals surface area contributed by atoms with Gasteiger partial charge in [0.2, 0.25) is 0 Å². The second kappa shape index (κ2) is 4.51. The number of ether oxygens (including phenoxy) is 1. The van der Waals surface area contributed by atoms with Crippen LogP contribution in [-0.4, -0.2) is 24.8 Å².